The second kappa shape index (κ2) is 7.55. The topological polar surface area (TPSA) is 78.9 Å². The van der Waals surface area contributed by atoms with Gasteiger partial charge in [-0.1, -0.05) is 12.2 Å². The summed E-state index contributed by atoms with van der Waals surface area (Å²) in [7, 11) is 0. The quantitative estimate of drug-likeness (QED) is 0.774. The highest BCUT2D eigenvalue weighted by Crippen LogP contribution is 2.26. The van der Waals surface area contributed by atoms with Gasteiger partial charge in [-0.05, 0) is 52.9 Å². The molecule has 6 nitrogen and oxygen atoms in total. The number of ether oxygens (including phenoxy) is 1. The highest BCUT2D eigenvalue weighted by atomic mass is 16.6. The van der Waals surface area contributed by atoms with E-state index in [0.29, 0.717) is 25.9 Å². The summed E-state index contributed by atoms with van der Waals surface area (Å²) < 4.78 is 5.18. The SMILES string of the molecule is CC(C)(C)OC(=O)NCC1(O)CCN(C(=O)[C@@H]2CC=CCC2)CC1. The van der Waals surface area contributed by atoms with Crippen LogP contribution in [0.2, 0.25) is 0 Å². The van der Waals surface area contributed by atoms with Gasteiger partial charge in [-0.3, -0.25) is 4.79 Å². The first kappa shape index (κ1) is 18.8. The molecule has 1 heterocycles. The summed E-state index contributed by atoms with van der Waals surface area (Å²) in [4.78, 5) is 26.1. The van der Waals surface area contributed by atoms with Crippen molar-refractivity contribution in [2.24, 2.45) is 5.92 Å². The second-order valence-corrected chi connectivity index (χ2v) is 7.89. The van der Waals surface area contributed by atoms with Crippen molar-refractivity contribution in [3.8, 4) is 0 Å². The van der Waals surface area contributed by atoms with Crippen LogP contribution in [0, 0.1) is 5.92 Å². The molecule has 1 aliphatic carbocycles. The molecule has 0 spiro atoms. The van der Waals surface area contributed by atoms with Crippen LogP contribution < -0.4 is 5.32 Å². The maximum atomic E-state index is 12.5. The lowest BCUT2D eigenvalue weighted by Crippen LogP contribution is -2.53. The summed E-state index contributed by atoms with van der Waals surface area (Å²) in [5.41, 5.74) is -1.53. The molecule has 0 saturated carbocycles. The van der Waals surface area contributed by atoms with E-state index >= 15 is 0 Å². The van der Waals surface area contributed by atoms with E-state index in [0.717, 1.165) is 19.3 Å². The Morgan fingerprint density at radius 3 is 2.50 bits per heavy atom. The largest absolute Gasteiger partial charge is 0.444 e. The van der Waals surface area contributed by atoms with Gasteiger partial charge in [0, 0.05) is 25.6 Å². The van der Waals surface area contributed by atoms with Gasteiger partial charge < -0.3 is 20.1 Å². The van der Waals surface area contributed by atoms with Gasteiger partial charge in [-0.25, -0.2) is 4.79 Å². The molecule has 1 fully saturated rings. The van der Waals surface area contributed by atoms with E-state index in [1.54, 1.807) is 20.8 Å². The van der Waals surface area contributed by atoms with Crippen LogP contribution in [0.1, 0.15) is 52.9 Å². The van der Waals surface area contributed by atoms with Crippen molar-refractivity contribution in [3.05, 3.63) is 12.2 Å². The van der Waals surface area contributed by atoms with Gasteiger partial charge in [0.2, 0.25) is 5.91 Å². The lowest BCUT2D eigenvalue weighted by atomic mass is 9.88. The van der Waals surface area contributed by atoms with Crippen LogP contribution in [0.5, 0.6) is 0 Å². The molecule has 0 radical (unpaired) electrons. The van der Waals surface area contributed by atoms with Gasteiger partial charge in [-0.2, -0.15) is 0 Å². The zero-order chi connectivity index (χ0) is 17.8. The number of amides is 2. The van der Waals surface area contributed by atoms with Crippen molar-refractivity contribution in [2.45, 2.75) is 64.1 Å². The molecule has 2 aliphatic rings. The molecule has 1 atom stereocenters. The number of carbonyl (C=O) groups excluding carboxylic acids is 2. The minimum absolute atomic E-state index is 0.0843. The van der Waals surface area contributed by atoms with Gasteiger partial charge in [0.15, 0.2) is 0 Å². The first-order chi connectivity index (χ1) is 11.2. The van der Waals surface area contributed by atoms with Gasteiger partial charge in [0.05, 0.1) is 5.60 Å². The number of alkyl carbamates (subject to hydrolysis) is 1. The minimum Gasteiger partial charge on any atom is -0.444 e. The van der Waals surface area contributed by atoms with Crippen LogP contribution in [0.15, 0.2) is 12.2 Å². The first-order valence-electron chi connectivity index (χ1n) is 8.82. The van der Waals surface area contributed by atoms with Crippen molar-refractivity contribution in [3.63, 3.8) is 0 Å². The molecule has 1 saturated heterocycles. The summed E-state index contributed by atoms with van der Waals surface area (Å²) in [5, 5.41) is 13.2. The van der Waals surface area contributed by atoms with Crippen molar-refractivity contribution in [1.82, 2.24) is 10.2 Å². The predicted molar refractivity (Wildman–Crippen MR) is 91.5 cm³/mol. The number of hydrogen-bond donors (Lipinski definition) is 2. The summed E-state index contributed by atoms with van der Waals surface area (Å²) in [6.45, 7) is 6.61. The van der Waals surface area contributed by atoms with Gasteiger partial charge in [0.1, 0.15) is 5.60 Å². The molecule has 6 heteroatoms. The second-order valence-electron chi connectivity index (χ2n) is 7.89. The number of allylic oxidation sites excluding steroid dienone is 2. The molecule has 0 aromatic heterocycles. The van der Waals surface area contributed by atoms with Gasteiger partial charge in [-0.15, -0.1) is 0 Å². The Morgan fingerprint density at radius 2 is 1.96 bits per heavy atom. The fourth-order valence-electron chi connectivity index (χ4n) is 3.15. The van der Waals surface area contributed by atoms with E-state index in [2.05, 4.69) is 17.5 Å². The zero-order valence-corrected chi connectivity index (χ0v) is 15.0. The average molecular weight is 338 g/mol. The highest BCUT2D eigenvalue weighted by Gasteiger charge is 2.36. The van der Waals surface area contributed by atoms with E-state index in [1.165, 1.54) is 0 Å². The standard InChI is InChI=1S/C18H30N2O4/c1-17(2,3)24-16(22)19-13-18(23)9-11-20(12-10-18)15(21)14-7-5-4-6-8-14/h4-5,14,23H,6-13H2,1-3H3,(H,19,22)/t14-/m1/s1. The number of nitrogens with one attached hydrogen (secondary N) is 1. The molecule has 136 valence electrons. The summed E-state index contributed by atoms with van der Waals surface area (Å²) in [5.74, 6) is 0.280. The Kier molecular flexibility index (Phi) is 5.91. The molecule has 24 heavy (non-hydrogen) atoms. The molecular formula is C18H30N2O4. The van der Waals surface area contributed by atoms with Crippen LogP contribution in [-0.2, 0) is 9.53 Å². The third-order valence-electron chi connectivity index (χ3n) is 4.58. The third kappa shape index (κ3) is 5.51. The summed E-state index contributed by atoms with van der Waals surface area (Å²) >= 11 is 0. The molecule has 0 bridgehead atoms. The fraction of sp³-hybridized carbons (Fsp3) is 0.778. The van der Waals surface area contributed by atoms with Crippen molar-refractivity contribution in [1.29, 1.82) is 0 Å². The molecule has 0 unspecified atom stereocenters. The number of carbonyl (C=O) groups is 2. The van der Waals surface area contributed by atoms with Crippen LogP contribution in [0.25, 0.3) is 0 Å². The Morgan fingerprint density at radius 1 is 1.29 bits per heavy atom. The monoisotopic (exact) mass is 338 g/mol. The Bertz CT molecular complexity index is 488. The predicted octanol–water partition coefficient (Wildman–Crippen LogP) is 2.22. The molecule has 0 aromatic rings. The van der Waals surface area contributed by atoms with E-state index < -0.39 is 17.3 Å². The third-order valence-corrected chi connectivity index (χ3v) is 4.58. The average Bonchev–Trinajstić information content (AvgIpc) is 2.52. The van der Waals surface area contributed by atoms with E-state index in [4.69, 9.17) is 4.74 Å². The lowest BCUT2D eigenvalue weighted by Gasteiger charge is -2.39. The number of nitrogens with zero attached hydrogens (tertiary/aromatic N) is 1. The number of rotatable bonds is 3. The lowest BCUT2D eigenvalue weighted by molar-refractivity contribution is -0.140. The van der Waals surface area contributed by atoms with Crippen LogP contribution >= 0.6 is 0 Å². The number of likely N-dealkylation sites (tertiary alicyclic amines) is 1. The molecule has 2 N–H and O–H groups in total. The summed E-state index contributed by atoms with van der Waals surface area (Å²) in [6, 6.07) is 0. The van der Waals surface area contributed by atoms with Gasteiger partial charge in [0.25, 0.3) is 0 Å². The zero-order valence-electron chi connectivity index (χ0n) is 15.0. The minimum atomic E-state index is -0.972. The van der Waals surface area contributed by atoms with E-state index in [1.807, 2.05) is 4.90 Å². The molecule has 1 aliphatic heterocycles. The fourth-order valence-corrected chi connectivity index (χ4v) is 3.15. The number of aliphatic hydroxyl groups is 1. The van der Waals surface area contributed by atoms with E-state index in [-0.39, 0.29) is 18.4 Å². The maximum Gasteiger partial charge on any atom is 0.407 e. The van der Waals surface area contributed by atoms with Crippen LogP contribution in [-0.4, -0.2) is 52.8 Å². The molecule has 2 rings (SSSR count). The first-order valence-corrected chi connectivity index (χ1v) is 8.82. The van der Waals surface area contributed by atoms with E-state index in [9.17, 15) is 14.7 Å². The molecule has 2 amide bonds. The highest BCUT2D eigenvalue weighted by molar-refractivity contribution is 5.79. The molecule has 0 aromatic carbocycles. The Labute approximate surface area is 144 Å². The summed E-state index contributed by atoms with van der Waals surface area (Å²) in [6.07, 6.45) is 7.32. The van der Waals surface area contributed by atoms with Crippen LogP contribution in [0.3, 0.4) is 0 Å². The Hall–Kier alpha value is -1.56. The van der Waals surface area contributed by atoms with Crippen LogP contribution in [0.4, 0.5) is 4.79 Å². The number of hydrogen-bond acceptors (Lipinski definition) is 4. The van der Waals surface area contributed by atoms with Gasteiger partial charge >= 0.3 is 6.09 Å². The Balaban J connectivity index is 1.77. The van der Waals surface area contributed by atoms with Crippen molar-refractivity contribution >= 4 is 12.0 Å². The van der Waals surface area contributed by atoms with Crippen molar-refractivity contribution in [2.75, 3.05) is 19.6 Å². The number of piperidine rings is 1. The smallest absolute Gasteiger partial charge is 0.407 e. The van der Waals surface area contributed by atoms with Crippen molar-refractivity contribution < 1.29 is 19.4 Å². The maximum absolute atomic E-state index is 12.5. The molecular weight excluding hydrogens is 308 g/mol. The normalized spacial score (nSPS) is 23.7.